The number of benzene rings is 1. The first-order valence-electron chi connectivity index (χ1n) is 8.74. The SMILES string of the molecule is CCOc1cc(NC2CCN(Cc3ccccc3)C(C)C2)ncn1. The highest BCUT2D eigenvalue weighted by molar-refractivity contribution is 5.38. The second-order valence-corrected chi connectivity index (χ2v) is 6.35. The molecule has 2 unspecified atom stereocenters. The molecule has 24 heavy (non-hydrogen) atoms. The minimum absolute atomic E-state index is 0.441. The molecule has 128 valence electrons. The summed E-state index contributed by atoms with van der Waals surface area (Å²) in [7, 11) is 0. The second-order valence-electron chi connectivity index (χ2n) is 6.35. The zero-order valence-electron chi connectivity index (χ0n) is 14.5. The minimum atomic E-state index is 0.441. The molecule has 0 saturated carbocycles. The monoisotopic (exact) mass is 326 g/mol. The van der Waals surface area contributed by atoms with Crippen LogP contribution in [0.4, 0.5) is 5.82 Å². The average Bonchev–Trinajstić information content (AvgIpc) is 2.59. The molecule has 1 aromatic heterocycles. The summed E-state index contributed by atoms with van der Waals surface area (Å²) in [5.41, 5.74) is 1.38. The van der Waals surface area contributed by atoms with Gasteiger partial charge in [-0.3, -0.25) is 4.90 Å². The Labute approximate surface area is 144 Å². The van der Waals surface area contributed by atoms with Gasteiger partial charge in [0.25, 0.3) is 0 Å². The van der Waals surface area contributed by atoms with Gasteiger partial charge in [-0.25, -0.2) is 9.97 Å². The molecule has 2 aromatic rings. The standard InChI is InChI=1S/C19H26N4O/c1-3-24-19-12-18(20-14-21-19)22-17-9-10-23(15(2)11-17)13-16-7-5-4-6-8-16/h4-8,12,14-15,17H,3,9-11,13H2,1-2H3,(H,20,21,22). The Morgan fingerprint density at radius 1 is 1.25 bits per heavy atom. The van der Waals surface area contributed by atoms with E-state index in [0.717, 1.165) is 31.7 Å². The van der Waals surface area contributed by atoms with Crippen molar-refractivity contribution in [2.75, 3.05) is 18.5 Å². The van der Waals surface area contributed by atoms with Crippen LogP contribution >= 0.6 is 0 Å². The molecule has 1 aliphatic heterocycles. The lowest BCUT2D eigenvalue weighted by Crippen LogP contribution is -2.44. The first kappa shape index (κ1) is 16.7. The Morgan fingerprint density at radius 2 is 2.08 bits per heavy atom. The van der Waals surface area contributed by atoms with Crippen LogP contribution in [-0.4, -0.2) is 40.1 Å². The molecule has 1 fully saturated rings. The molecule has 3 rings (SSSR count). The largest absolute Gasteiger partial charge is 0.478 e. The van der Waals surface area contributed by atoms with Crippen LogP contribution < -0.4 is 10.1 Å². The average molecular weight is 326 g/mol. The highest BCUT2D eigenvalue weighted by Gasteiger charge is 2.25. The summed E-state index contributed by atoms with van der Waals surface area (Å²) >= 11 is 0. The van der Waals surface area contributed by atoms with Crippen LogP contribution in [0, 0.1) is 0 Å². The van der Waals surface area contributed by atoms with E-state index in [9.17, 15) is 0 Å². The summed E-state index contributed by atoms with van der Waals surface area (Å²) in [4.78, 5) is 11.0. The van der Waals surface area contributed by atoms with Gasteiger partial charge in [0, 0.05) is 31.2 Å². The molecule has 1 aliphatic rings. The van der Waals surface area contributed by atoms with Crippen molar-refractivity contribution in [3.63, 3.8) is 0 Å². The number of likely N-dealkylation sites (tertiary alicyclic amines) is 1. The van der Waals surface area contributed by atoms with E-state index >= 15 is 0 Å². The Bertz CT molecular complexity index is 634. The fourth-order valence-corrected chi connectivity index (χ4v) is 3.26. The molecular weight excluding hydrogens is 300 g/mol. The van der Waals surface area contributed by atoms with Crippen molar-refractivity contribution in [2.24, 2.45) is 0 Å². The zero-order valence-corrected chi connectivity index (χ0v) is 14.5. The molecule has 0 radical (unpaired) electrons. The second kappa shape index (κ2) is 8.11. The lowest BCUT2D eigenvalue weighted by Gasteiger charge is -2.38. The predicted octanol–water partition coefficient (Wildman–Crippen LogP) is 3.34. The number of nitrogens with one attached hydrogen (secondary N) is 1. The molecule has 2 heterocycles. The molecule has 5 heteroatoms. The fourth-order valence-electron chi connectivity index (χ4n) is 3.26. The van der Waals surface area contributed by atoms with Crippen LogP contribution in [0.3, 0.4) is 0 Å². The van der Waals surface area contributed by atoms with Crippen LogP contribution in [0.1, 0.15) is 32.3 Å². The van der Waals surface area contributed by atoms with Crippen LogP contribution in [0.5, 0.6) is 5.88 Å². The normalized spacial score (nSPS) is 21.4. The van der Waals surface area contributed by atoms with Gasteiger partial charge in [-0.2, -0.15) is 0 Å². The van der Waals surface area contributed by atoms with E-state index in [-0.39, 0.29) is 0 Å². The van der Waals surface area contributed by atoms with Gasteiger partial charge in [-0.05, 0) is 32.3 Å². The van der Waals surface area contributed by atoms with Gasteiger partial charge in [-0.1, -0.05) is 30.3 Å². The van der Waals surface area contributed by atoms with Gasteiger partial charge in [0.05, 0.1) is 6.61 Å². The number of aromatic nitrogens is 2. The number of piperidine rings is 1. The maximum Gasteiger partial charge on any atom is 0.218 e. The third-order valence-electron chi connectivity index (χ3n) is 4.53. The number of hydrogen-bond acceptors (Lipinski definition) is 5. The Hall–Kier alpha value is -2.14. The maximum absolute atomic E-state index is 5.44. The molecule has 1 saturated heterocycles. The number of ether oxygens (including phenoxy) is 1. The van der Waals surface area contributed by atoms with E-state index in [1.807, 2.05) is 13.0 Å². The van der Waals surface area contributed by atoms with Crippen LogP contribution in [-0.2, 0) is 6.54 Å². The molecule has 1 aromatic carbocycles. The third-order valence-corrected chi connectivity index (χ3v) is 4.53. The first-order chi connectivity index (χ1) is 11.7. The summed E-state index contributed by atoms with van der Waals surface area (Å²) in [6.45, 7) is 7.00. The molecule has 2 atom stereocenters. The zero-order chi connectivity index (χ0) is 16.8. The van der Waals surface area contributed by atoms with Gasteiger partial charge in [-0.15, -0.1) is 0 Å². The van der Waals surface area contributed by atoms with Crippen molar-refractivity contribution in [1.29, 1.82) is 0 Å². The van der Waals surface area contributed by atoms with Gasteiger partial charge in [0.15, 0.2) is 0 Å². The fraction of sp³-hybridized carbons (Fsp3) is 0.474. The minimum Gasteiger partial charge on any atom is -0.478 e. The van der Waals surface area contributed by atoms with E-state index in [2.05, 4.69) is 57.4 Å². The summed E-state index contributed by atoms with van der Waals surface area (Å²) in [6, 6.07) is 13.6. The molecule has 0 amide bonds. The van der Waals surface area contributed by atoms with Crippen molar-refractivity contribution < 1.29 is 4.74 Å². The molecule has 1 N–H and O–H groups in total. The summed E-state index contributed by atoms with van der Waals surface area (Å²) < 4.78 is 5.44. The molecule has 0 spiro atoms. The van der Waals surface area contributed by atoms with E-state index in [0.29, 0.717) is 24.6 Å². The van der Waals surface area contributed by atoms with Gasteiger partial charge in [0.1, 0.15) is 12.1 Å². The molecule has 0 aliphatic carbocycles. The van der Waals surface area contributed by atoms with Crippen LogP contribution in [0.25, 0.3) is 0 Å². The van der Waals surface area contributed by atoms with Crippen molar-refractivity contribution in [2.45, 2.75) is 45.3 Å². The van der Waals surface area contributed by atoms with E-state index < -0.39 is 0 Å². The summed E-state index contributed by atoms with van der Waals surface area (Å²) in [5.74, 6) is 1.48. The van der Waals surface area contributed by atoms with Gasteiger partial charge < -0.3 is 10.1 Å². The first-order valence-corrected chi connectivity index (χ1v) is 8.74. The third kappa shape index (κ3) is 4.45. The van der Waals surface area contributed by atoms with Crippen molar-refractivity contribution in [1.82, 2.24) is 14.9 Å². The quantitative estimate of drug-likeness (QED) is 0.882. The number of nitrogens with zero attached hydrogens (tertiary/aromatic N) is 3. The smallest absolute Gasteiger partial charge is 0.218 e. The highest BCUT2D eigenvalue weighted by atomic mass is 16.5. The summed E-state index contributed by atoms with van der Waals surface area (Å²) in [6.07, 6.45) is 3.78. The van der Waals surface area contributed by atoms with Gasteiger partial charge in [0.2, 0.25) is 5.88 Å². The van der Waals surface area contributed by atoms with Gasteiger partial charge >= 0.3 is 0 Å². The topological polar surface area (TPSA) is 50.3 Å². The van der Waals surface area contributed by atoms with E-state index in [4.69, 9.17) is 4.74 Å². The predicted molar refractivity (Wildman–Crippen MR) is 96.2 cm³/mol. The maximum atomic E-state index is 5.44. The highest BCUT2D eigenvalue weighted by Crippen LogP contribution is 2.23. The lowest BCUT2D eigenvalue weighted by atomic mass is 9.97. The van der Waals surface area contributed by atoms with Crippen molar-refractivity contribution >= 4 is 5.82 Å². The van der Waals surface area contributed by atoms with Crippen molar-refractivity contribution in [3.05, 3.63) is 48.3 Å². The van der Waals surface area contributed by atoms with E-state index in [1.165, 1.54) is 5.56 Å². The number of rotatable bonds is 6. The molecule has 0 bridgehead atoms. The molecular formula is C19H26N4O. The lowest BCUT2D eigenvalue weighted by molar-refractivity contribution is 0.144. The van der Waals surface area contributed by atoms with Crippen LogP contribution in [0.15, 0.2) is 42.7 Å². The Morgan fingerprint density at radius 3 is 2.83 bits per heavy atom. The molecule has 5 nitrogen and oxygen atoms in total. The summed E-state index contributed by atoms with van der Waals surface area (Å²) in [5, 5.41) is 3.54. The number of hydrogen-bond donors (Lipinski definition) is 1. The van der Waals surface area contributed by atoms with Crippen LogP contribution in [0.2, 0.25) is 0 Å². The Balaban J connectivity index is 1.54. The number of anilines is 1. The van der Waals surface area contributed by atoms with E-state index in [1.54, 1.807) is 6.33 Å². The Kier molecular flexibility index (Phi) is 5.64. The van der Waals surface area contributed by atoms with Crippen molar-refractivity contribution in [3.8, 4) is 5.88 Å².